The molecular weight excluding hydrogens is 414 g/mol. The van der Waals surface area contributed by atoms with Crippen molar-refractivity contribution in [2.24, 2.45) is 0 Å². The van der Waals surface area contributed by atoms with Gasteiger partial charge in [-0.1, -0.05) is 6.07 Å². The van der Waals surface area contributed by atoms with E-state index in [0.717, 1.165) is 50.1 Å². The zero-order valence-electron chi connectivity index (χ0n) is 18.0. The molecule has 0 radical (unpaired) electrons. The second-order valence-electron chi connectivity index (χ2n) is 7.90. The molecule has 0 bridgehead atoms. The summed E-state index contributed by atoms with van der Waals surface area (Å²) in [5, 5.41) is 7.57. The zero-order chi connectivity index (χ0) is 22.4. The summed E-state index contributed by atoms with van der Waals surface area (Å²) in [6.45, 7) is 0. The Morgan fingerprint density at radius 3 is 2.52 bits per heavy atom. The largest absolute Gasteiger partial charge is 0.376 e. The van der Waals surface area contributed by atoms with Gasteiger partial charge in [-0.2, -0.15) is 5.10 Å². The van der Waals surface area contributed by atoms with Gasteiger partial charge in [0.05, 0.1) is 34.8 Å². The zero-order valence-corrected chi connectivity index (χ0v) is 18.0. The molecule has 0 aliphatic rings. The third-order valence-electron chi connectivity index (χ3n) is 5.53. The summed E-state index contributed by atoms with van der Waals surface area (Å²) in [6.07, 6.45) is 10.8. The van der Waals surface area contributed by atoms with Crippen molar-refractivity contribution in [2.45, 2.75) is 0 Å². The highest BCUT2D eigenvalue weighted by Crippen LogP contribution is 2.31. The number of anilines is 1. The quantitative estimate of drug-likeness (QED) is 0.431. The molecule has 0 atom stereocenters. The molecule has 0 aliphatic carbocycles. The Balaban J connectivity index is 1.48. The molecule has 9 nitrogen and oxygen atoms in total. The molecule has 0 fully saturated rings. The predicted molar refractivity (Wildman–Crippen MR) is 128 cm³/mol. The van der Waals surface area contributed by atoms with Crippen molar-refractivity contribution in [2.75, 3.05) is 19.0 Å². The lowest BCUT2D eigenvalue weighted by molar-refractivity contribution is 1.10. The number of hydrogen-bond donors (Lipinski definition) is 2. The summed E-state index contributed by atoms with van der Waals surface area (Å²) in [5.41, 5.74) is 8.46. The van der Waals surface area contributed by atoms with E-state index in [0.29, 0.717) is 11.5 Å². The fourth-order valence-corrected chi connectivity index (χ4v) is 3.82. The lowest BCUT2D eigenvalue weighted by Crippen LogP contribution is -2.08. The van der Waals surface area contributed by atoms with E-state index in [4.69, 9.17) is 9.97 Å². The highest BCUT2D eigenvalue weighted by Gasteiger charge is 2.17. The van der Waals surface area contributed by atoms with Crippen molar-refractivity contribution in [3.63, 3.8) is 0 Å². The number of pyridine rings is 4. The van der Waals surface area contributed by atoms with Gasteiger partial charge in [-0.3, -0.25) is 20.1 Å². The maximum Gasteiger partial charge on any atom is 0.161 e. The third-order valence-corrected chi connectivity index (χ3v) is 5.53. The number of H-pyrrole nitrogens is 2. The monoisotopic (exact) mass is 433 g/mol. The normalized spacial score (nSPS) is 11.3. The van der Waals surface area contributed by atoms with Crippen LogP contribution >= 0.6 is 0 Å². The number of nitrogens with one attached hydrogen (secondary N) is 2. The smallest absolute Gasteiger partial charge is 0.161 e. The number of imidazole rings is 1. The fraction of sp³-hybridized carbons (Fsp3) is 0.0833. The first-order valence-electron chi connectivity index (χ1n) is 10.4. The first-order chi connectivity index (χ1) is 16.2. The number of fused-ring (bicyclic) bond motifs is 2. The van der Waals surface area contributed by atoms with Crippen LogP contribution in [0.3, 0.4) is 0 Å². The third kappa shape index (κ3) is 3.26. The van der Waals surface area contributed by atoms with Gasteiger partial charge in [0, 0.05) is 55.6 Å². The van der Waals surface area contributed by atoms with Crippen molar-refractivity contribution >= 4 is 27.8 Å². The summed E-state index contributed by atoms with van der Waals surface area (Å²) in [7, 11) is 3.98. The highest BCUT2D eigenvalue weighted by molar-refractivity contribution is 5.95. The maximum absolute atomic E-state index is 4.90. The van der Waals surface area contributed by atoms with Gasteiger partial charge < -0.3 is 9.88 Å². The Hall–Kier alpha value is -4.66. The summed E-state index contributed by atoms with van der Waals surface area (Å²) >= 11 is 0. The minimum Gasteiger partial charge on any atom is -0.376 e. The molecule has 0 spiro atoms. The first-order valence-corrected chi connectivity index (χ1v) is 10.4. The van der Waals surface area contributed by atoms with Crippen molar-refractivity contribution < 1.29 is 0 Å². The van der Waals surface area contributed by atoms with Gasteiger partial charge in [-0.15, -0.1) is 0 Å². The number of aromatic nitrogens is 8. The van der Waals surface area contributed by atoms with Crippen LogP contribution < -0.4 is 4.90 Å². The molecule has 160 valence electrons. The Bertz CT molecular complexity index is 1600. The van der Waals surface area contributed by atoms with Crippen LogP contribution in [0.25, 0.3) is 56.0 Å². The van der Waals surface area contributed by atoms with Gasteiger partial charge in [-0.25, -0.2) is 9.97 Å². The van der Waals surface area contributed by atoms with E-state index in [1.807, 2.05) is 55.7 Å². The van der Waals surface area contributed by atoms with Crippen LogP contribution in [0.4, 0.5) is 5.69 Å². The van der Waals surface area contributed by atoms with Gasteiger partial charge >= 0.3 is 0 Å². The van der Waals surface area contributed by atoms with Gasteiger partial charge in [-0.05, 0) is 24.3 Å². The van der Waals surface area contributed by atoms with Crippen LogP contribution in [-0.4, -0.2) is 54.2 Å². The fourth-order valence-electron chi connectivity index (χ4n) is 3.82. The standard InChI is InChI=1S/C24H19N9/c1-33(2)16-8-15(10-26-11-16)18-5-6-19-22(28-18)23(32-31-19)24-29-20-13-27-12-17(21(20)30-24)14-4-3-7-25-9-14/h3-13H,1-2H3,(H,29,30)(H,31,32). The Kier molecular flexibility index (Phi) is 4.32. The van der Waals surface area contributed by atoms with Crippen molar-refractivity contribution in [3.05, 3.63) is 67.5 Å². The second kappa shape index (κ2) is 7.49. The van der Waals surface area contributed by atoms with Crippen LogP contribution in [-0.2, 0) is 0 Å². The average molecular weight is 433 g/mol. The van der Waals surface area contributed by atoms with Crippen LogP contribution in [0.15, 0.2) is 67.5 Å². The van der Waals surface area contributed by atoms with Crippen LogP contribution in [0, 0.1) is 0 Å². The topological polar surface area (TPSA) is 112 Å². The molecule has 9 heteroatoms. The molecule has 0 unspecified atom stereocenters. The molecule has 2 N–H and O–H groups in total. The SMILES string of the molecule is CN(C)c1cncc(-c2ccc3[nH]nc(-c4nc5c(-c6cccnc6)cncc5[nH]4)c3n2)c1. The predicted octanol–water partition coefficient (Wildman–Crippen LogP) is 4.09. The average Bonchev–Trinajstić information content (AvgIpc) is 3.48. The van der Waals surface area contributed by atoms with Crippen LogP contribution in [0.5, 0.6) is 0 Å². The molecule has 6 aromatic heterocycles. The minimum atomic E-state index is 0.624. The van der Waals surface area contributed by atoms with E-state index in [1.165, 1.54) is 0 Å². The van der Waals surface area contributed by atoms with Crippen molar-refractivity contribution in [3.8, 4) is 33.9 Å². The van der Waals surface area contributed by atoms with Gasteiger partial charge in [0.1, 0.15) is 11.0 Å². The van der Waals surface area contributed by atoms with Crippen molar-refractivity contribution in [1.82, 2.24) is 40.1 Å². The molecular formula is C24H19N9. The summed E-state index contributed by atoms with van der Waals surface area (Å²) in [4.78, 5) is 28.1. The minimum absolute atomic E-state index is 0.624. The van der Waals surface area contributed by atoms with E-state index >= 15 is 0 Å². The van der Waals surface area contributed by atoms with E-state index in [2.05, 4.69) is 36.2 Å². The van der Waals surface area contributed by atoms with Crippen molar-refractivity contribution in [1.29, 1.82) is 0 Å². The summed E-state index contributed by atoms with van der Waals surface area (Å²) in [5.74, 6) is 0.624. The molecule has 0 saturated heterocycles. The molecule has 0 amide bonds. The summed E-state index contributed by atoms with van der Waals surface area (Å²) in [6, 6.07) is 9.89. The molecule has 0 aliphatic heterocycles. The van der Waals surface area contributed by atoms with Crippen LogP contribution in [0.1, 0.15) is 0 Å². The highest BCUT2D eigenvalue weighted by atomic mass is 15.2. The Morgan fingerprint density at radius 2 is 1.67 bits per heavy atom. The van der Waals surface area contributed by atoms with Gasteiger partial charge in [0.2, 0.25) is 0 Å². The lowest BCUT2D eigenvalue weighted by atomic mass is 10.1. The Labute approximate surface area is 188 Å². The number of hydrogen-bond acceptors (Lipinski definition) is 7. The molecule has 6 heterocycles. The molecule has 6 aromatic rings. The number of aromatic amines is 2. The molecule has 6 rings (SSSR count). The Morgan fingerprint density at radius 1 is 0.788 bits per heavy atom. The van der Waals surface area contributed by atoms with Gasteiger partial charge in [0.15, 0.2) is 11.5 Å². The van der Waals surface area contributed by atoms with E-state index < -0.39 is 0 Å². The maximum atomic E-state index is 4.90. The van der Waals surface area contributed by atoms with E-state index in [1.54, 1.807) is 24.8 Å². The molecule has 0 saturated carbocycles. The van der Waals surface area contributed by atoms with E-state index in [9.17, 15) is 0 Å². The lowest BCUT2D eigenvalue weighted by Gasteiger charge is -2.12. The summed E-state index contributed by atoms with van der Waals surface area (Å²) < 4.78 is 0. The second-order valence-corrected chi connectivity index (χ2v) is 7.90. The van der Waals surface area contributed by atoms with Crippen LogP contribution in [0.2, 0.25) is 0 Å². The molecule has 0 aromatic carbocycles. The van der Waals surface area contributed by atoms with E-state index in [-0.39, 0.29) is 0 Å². The van der Waals surface area contributed by atoms with Gasteiger partial charge in [0.25, 0.3) is 0 Å². The number of rotatable bonds is 4. The first kappa shape index (κ1) is 19.1. The molecule has 33 heavy (non-hydrogen) atoms. The number of nitrogens with zero attached hydrogens (tertiary/aromatic N) is 7.